The molecule has 1 N–H and O–H groups in total. The minimum atomic E-state index is -1.86. The van der Waals surface area contributed by atoms with Crippen molar-refractivity contribution < 1.29 is 13.3 Å². The van der Waals surface area contributed by atoms with Crippen molar-refractivity contribution in [1.82, 2.24) is 5.32 Å². The van der Waals surface area contributed by atoms with Crippen molar-refractivity contribution in [3.05, 3.63) is 35.9 Å². The van der Waals surface area contributed by atoms with Gasteiger partial charge in [-0.15, -0.1) is 0 Å². The Balaban J connectivity index is 0.000000673. The molecule has 1 rings (SSSR count). The van der Waals surface area contributed by atoms with E-state index in [0.717, 1.165) is 5.56 Å². The SMILES string of the molecule is CNC.CO[SiH](OC)OCc1ccccc1. The van der Waals surface area contributed by atoms with Crippen molar-refractivity contribution in [3.63, 3.8) is 0 Å². The van der Waals surface area contributed by atoms with Gasteiger partial charge in [0.25, 0.3) is 0 Å². The van der Waals surface area contributed by atoms with Crippen LogP contribution in [0.25, 0.3) is 0 Å². The van der Waals surface area contributed by atoms with Crippen molar-refractivity contribution in [1.29, 1.82) is 0 Å². The van der Waals surface area contributed by atoms with Crippen LogP contribution in [0.2, 0.25) is 0 Å². The summed E-state index contributed by atoms with van der Waals surface area (Å²) in [6, 6.07) is 9.96. The van der Waals surface area contributed by atoms with E-state index < -0.39 is 9.53 Å². The van der Waals surface area contributed by atoms with E-state index in [-0.39, 0.29) is 0 Å². The van der Waals surface area contributed by atoms with Crippen LogP contribution in [0.4, 0.5) is 0 Å². The number of hydrogen-bond donors (Lipinski definition) is 1. The van der Waals surface area contributed by atoms with Crippen LogP contribution in [0.3, 0.4) is 0 Å². The Kier molecular flexibility index (Phi) is 10.3. The first-order valence-corrected chi connectivity index (χ1v) is 6.49. The van der Waals surface area contributed by atoms with Crippen LogP contribution in [0, 0.1) is 0 Å². The van der Waals surface area contributed by atoms with E-state index in [1.807, 2.05) is 44.4 Å². The molecular weight excluding hydrogens is 222 g/mol. The van der Waals surface area contributed by atoms with Crippen LogP contribution in [0.15, 0.2) is 30.3 Å². The maximum atomic E-state index is 5.42. The summed E-state index contributed by atoms with van der Waals surface area (Å²) in [7, 11) is 5.09. The molecule has 4 nitrogen and oxygen atoms in total. The lowest BCUT2D eigenvalue weighted by molar-refractivity contribution is 0.128. The van der Waals surface area contributed by atoms with Gasteiger partial charge in [0.15, 0.2) is 0 Å². The van der Waals surface area contributed by atoms with Crippen LogP contribution >= 0.6 is 0 Å². The Morgan fingerprint density at radius 2 is 1.56 bits per heavy atom. The summed E-state index contributed by atoms with van der Waals surface area (Å²) >= 11 is 0. The molecule has 1 aromatic carbocycles. The van der Waals surface area contributed by atoms with E-state index in [0.29, 0.717) is 6.61 Å². The third kappa shape index (κ3) is 7.55. The summed E-state index contributed by atoms with van der Waals surface area (Å²) in [5.41, 5.74) is 1.13. The van der Waals surface area contributed by atoms with Crippen molar-refractivity contribution >= 4 is 9.53 Å². The molecule has 0 aromatic heterocycles. The van der Waals surface area contributed by atoms with Gasteiger partial charge in [-0.3, -0.25) is 0 Å². The van der Waals surface area contributed by atoms with E-state index in [1.54, 1.807) is 14.2 Å². The lowest BCUT2D eigenvalue weighted by Gasteiger charge is -2.11. The molecular formula is C11H21NO3Si. The number of nitrogens with one attached hydrogen (secondary N) is 1. The summed E-state index contributed by atoms with van der Waals surface area (Å²) in [5, 5.41) is 2.75. The first-order chi connectivity index (χ1) is 7.78. The topological polar surface area (TPSA) is 39.7 Å². The Morgan fingerprint density at radius 3 is 2.00 bits per heavy atom. The summed E-state index contributed by atoms with van der Waals surface area (Å²) in [4.78, 5) is 0. The van der Waals surface area contributed by atoms with Crippen molar-refractivity contribution in [3.8, 4) is 0 Å². The minimum Gasteiger partial charge on any atom is -0.379 e. The van der Waals surface area contributed by atoms with Gasteiger partial charge in [0.2, 0.25) is 0 Å². The quantitative estimate of drug-likeness (QED) is 0.785. The molecule has 1 aromatic rings. The van der Waals surface area contributed by atoms with E-state index in [2.05, 4.69) is 5.32 Å². The number of benzene rings is 1. The molecule has 0 atom stereocenters. The smallest absolute Gasteiger partial charge is 0.379 e. The molecule has 16 heavy (non-hydrogen) atoms. The molecule has 0 amide bonds. The average Bonchev–Trinajstić information content (AvgIpc) is 2.33. The van der Waals surface area contributed by atoms with Crippen molar-refractivity contribution in [2.75, 3.05) is 28.3 Å². The first kappa shape index (κ1) is 15.3. The van der Waals surface area contributed by atoms with Crippen LogP contribution < -0.4 is 5.32 Å². The zero-order valence-corrected chi connectivity index (χ0v) is 11.6. The van der Waals surface area contributed by atoms with E-state index >= 15 is 0 Å². The molecule has 0 aliphatic heterocycles. The number of hydrogen-bond acceptors (Lipinski definition) is 4. The zero-order valence-electron chi connectivity index (χ0n) is 10.4. The van der Waals surface area contributed by atoms with Gasteiger partial charge in [-0.25, -0.2) is 0 Å². The van der Waals surface area contributed by atoms with E-state index in [4.69, 9.17) is 13.3 Å². The first-order valence-electron chi connectivity index (χ1n) is 5.08. The Bertz CT molecular complexity index is 242. The highest BCUT2D eigenvalue weighted by molar-refractivity contribution is 6.36. The van der Waals surface area contributed by atoms with Gasteiger partial charge in [0.05, 0.1) is 6.61 Å². The molecule has 0 radical (unpaired) electrons. The molecule has 0 aliphatic rings. The maximum absolute atomic E-state index is 5.42. The van der Waals surface area contributed by atoms with Crippen LogP contribution in [0.5, 0.6) is 0 Å². The van der Waals surface area contributed by atoms with Gasteiger partial charge in [-0.05, 0) is 19.7 Å². The van der Waals surface area contributed by atoms with Gasteiger partial charge < -0.3 is 18.6 Å². The fourth-order valence-electron chi connectivity index (χ4n) is 0.971. The van der Waals surface area contributed by atoms with Gasteiger partial charge in [0.1, 0.15) is 0 Å². The van der Waals surface area contributed by atoms with Crippen LogP contribution in [0.1, 0.15) is 5.56 Å². The van der Waals surface area contributed by atoms with Gasteiger partial charge in [-0.2, -0.15) is 0 Å². The van der Waals surface area contributed by atoms with Gasteiger partial charge in [0, 0.05) is 14.2 Å². The molecule has 0 aliphatic carbocycles. The molecule has 5 heteroatoms. The lowest BCUT2D eigenvalue weighted by Crippen LogP contribution is -2.23. The molecule has 0 saturated heterocycles. The maximum Gasteiger partial charge on any atom is 0.483 e. The van der Waals surface area contributed by atoms with E-state index in [1.165, 1.54) is 0 Å². The Morgan fingerprint density at radius 1 is 1.06 bits per heavy atom. The molecule has 92 valence electrons. The van der Waals surface area contributed by atoms with Crippen LogP contribution in [-0.2, 0) is 19.9 Å². The highest BCUT2D eigenvalue weighted by Crippen LogP contribution is 2.01. The summed E-state index contributed by atoms with van der Waals surface area (Å²) in [6.45, 7) is 0.555. The minimum absolute atomic E-state index is 0.555. The Hall–Kier alpha value is -0.723. The highest BCUT2D eigenvalue weighted by atomic mass is 28.3. The molecule has 0 fully saturated rings. The summed E-state index contributed by atoms with van der Waals surface area (Å²) in [5.74, 6) is 0. The zero-order chi connectivity index (χ0) is 12.2. The van der Waals surface area contributed by atoms with Gasteiger partial charge >= 0.3 is 9.53 Å². The monoisotopic (exact) mass is 243 g/mol. The third-order valence-electron chi connectivity index (χ3n) is 1.61. The summed E-state index contributed by atoms with van der Waals surface area (Å²) in [6.07, 6.45) is 0. The largest absolute Gasteiger partial charge is 0.483 e. The fourth-order valence-corrected chi connectivity index (χ4v) is 1.76. The predicted molar refractivity (Wildman–Crippen MR) is 67.4 cm³/mol. The third-order valence-corrected chi connectivity index (χ3v) is 2.82. The molecule has 0 spiro atoms. The fraction of sp³-hybridized carbons (Fsp3) is 0.455. The van der Waals surface area contributed by atoms with Crippen molar-refractivity contribution in [2.45, 2.75) is 6.61 Å². The second-order valence-corrected chi connectivity index (χ2v) is 4.91. The second-order valence-electron chi connectivity index (χ2n) is 3.06. The molecule has 0 heterocycles. The normalized spacial score (nSPS) is 9.81. The predicted octanol–water partition coefficient (Wildman–Crippen LogP) is 1.05. The van der Waals surface area contributed by atoms with Gasteiger partial charge in [-0.1, -0.05) is 30.3 Å². The Labute approximate surface area is 99.5 Å². The highest BCUT2D eigenvalue weighted by Gasteiger charge is 2.09. The lowest BCUT2D eigenvalue weighted by atomic mass is 10.2. The van der Waals surface area contributed by atoms with Crippen LogP contribution in [-0.4, -0.2) is 37.8 Å². The molecule has 0 saturated carbocycles. The standard InChI is InChI=1S/C9H14O3Si.C2H7N/c1-10-13(11-2)12-8-9-6-4-3-5-7-9;1-3-2/h3-7,13H,8H2,1-2H3;3H,1-2H3. The van der Waals surface area contributed by atoms with E-state index in [9.17, 15) is 0 Å². The number of rotatable bonds is 5. The van der Waals surface area contributed by atoms with Crippen molar-refractivity contribution in [2.24, 2.45) is 0 Å². The molecule has 0 unspecified atom stereocenters. The average molecular weight is 243 g/mol. The molecule has 0 bridgehead atoms. The summed E-state index contributed by atoms with van der Waals surface area (Å²) < 4.78 is 15.5. The second kappa shape index (κ2) is 10.8.